The standard InChI is InChI=1S/C38H47N3O8/c1-6-8-15-30(43)39(4)25(3)33(26-13-10-9-11-14-26)48-37(46)31-29-20-21-38(49-29)32(31)35(44)41(23-12-24-42)34(38)36(45)40(22-7-2)27-16-18-28(47-5)19-17-27/h6-7,9-11,13-14,16-19,25,29,31-34,42H,1-2,8,12,15,20-24H2,3-5H3/t25-,29-,31+,32+,33+,34-,38+/m0/s1. The summed E-state index contributed by atoms with van der Waals surface area (Å²) < 4.78 is 18.2. The zero-order valence-electron chi connectivity index (χ0n) is 28.5. The zero-order chi connectivity index (χ0) is 35.3. The van der Waals surface area contributed by atoms with Crippen LogP contribution in [-0.4, -0.2) is 96.2 Å². The molecule has 1 N–H and O–H groups in total. The second kappa shape index (κ2) is 15.4. The highest BCUT2D eigenvalue weighted by atomic mass is 16.6. The van der Waals surface area contributed by atoms with E-state index in [9.17, 15) is 24.3 Å². The topological polar surface area (TPSA) is 126 Å². The van der Waals surface area contributed by atoms with Crippen LogP contribution in [0.1, 0.15) is 50.7 Å². The van der Waals surface area contributed by atoms with Crippen LogP contribution in [0.15, 0.2) is 79.9 Å². The lowest BCUT2D eigenvalue weighted by Gasteiger charge is -2.37. The maximum Gasteiger partial charge on any atom is 0.313 e. The first-order valence-electron chi connectivity index (χ1n) is 16.9. The van der Waals surface area contributed by atoms with Crippen molar-refractivity contribution in [2.24, 2.45) is 11.8 Å². The molecule has 3 fully saturated rings. The normalized spacial score (nSPS) is 24.9. The quantitative estimate of drug-likeness (QED) is 0.209. The molecule has 3 aliphatic heterocycles. The van der Waals surface area contributed by atoms with Gasteiger partial charge in [-0.25, -0.2) is 0 Å². The minimum atomic E-state index is -1.25. The van der Waals surface area contributed by atoms with E-state index in [-0.39, 0.29) is 50.3 Å². The summed E-state index contributed by atoms with van der Waals surface area (Å²) in [5, 5.41) is 9.73. The Morgan fingerprint density at radius 2 is 1.84 bits per heavy atom. The number of hydrogen-bond acceptors (Lipinski definition) is 8. The van der Waals surface area contributed by atoms with Gasteiger partial charge < -0.3 is 34.0 Å². The van der Waals surface area contributed by atoms with Gasteiger partial charge in [0, 0.05) is 38.9 Å². The number of nitrogens with zero attached hydrogens (tertiary/aromatic N) is 3. The molecule has 0 unspecified atom stereocenters. The summed E-state index contributed by atoms with van der Waals surface area (Å²) in [6.07, 6.45) is 3.78. The molecule has 262 valence electrons. The average molecular weight is 674 g/mol. The predicted octanol–water partition coefficient (Wildman–Crippen LogP) is 4.07. The van der Waals surface area contributed by atoms with Crippen molar-refractivity contribution in [2.45, 2.75) is 68.9 Å². The molecule has 0 radical (unpaired) electrons. The average Bonchev–Trinajstić information content (AvgIpc) is 3.77. The lowest BCUT2D eigenvalue weighted by Crippen LogP contribution is -2.56. The number of carbonyl (C=O) groups is 4. The number of likely N-dealkylation sites (tertiary alicyclic amines) is 1. The molecule has 11 heteroatoms. The molecular formula is C38H47N3O8. The molecule has 0 aromatic heterocycles. The third-order valence-electron chi connectivity index (χ3n) is 10.2. The fourth-order valence-corrected chi connectivity index (χ4v) is 7.67. The second-order valence-electron chi connectivity index (χ2n) is 12.9. The number of methoxy groups -OCH3 is 1. The Balaban J connectivity index is 1.47. The molecule has 2 aromatic carbocycles. The molecule has 11 nitrogen and oxygen atoms in total. The fourth-order valence-electron chi connectivity index (χ4n) is 7.67. The number of fused-ring (bicyclic) bond motifs is 1. The van der Waals surface area contributed by atoms with Crippen LogP contribution in [-0.2, 0) is 28.7 Å². The Kier molecular flexibility index (Phi) is 11.2. The Hall–Kier alpha value is -4.48. The monoisotopic (exact) mass is 673 g/mol. The number of ether oxygens (including phenoxy) is 3. The van der Waals surface area contributed by atoms with Crippen molar-refractivity contribution < 1.29 is 38.5 Å². The number of benzene rings is 2. The molecule has 3 heterocycles. The highest BCUT2D eigenvalue weighted by Crippen LogP contribution is 2.59. The Labute approximate surface area is 288 Å². The molecular weight excluding hydrogens is 626 g/mol. The fraction of sp³-hybridized carbons (Fsp3) is 0.474. The van der Waals surface area contributed by atoms with E-state index in [2.05, 4.69) is 13.2 Å². The van der Waals surface area contributed by atoms with E-state index < -0.39 is 47.7 Å². The van der Waals surface area contributed by atoms with E-state index in [4.69, 9.17) is 14.2 Å². The van der Waals surface area contributed by atoms with Crippen LogP contribution in [0.4, 0.5) is 5.69 Å². The maximum absolute atomic E-state index is 14.6. The van der Waals surface area contributed by atoms with Crippen molar-refractivity contribution in [3.8, 4) is 5.75 Å². The first-order valence-corrected chi connectivity index (χ1v) is 16.9. The van der Waals surface area contributed by atoms with Gasteiger partial charge >= 0.3 is 5.97 Å². The summed E-state index contributed by atoms with van der Waals surface area (Å²) in [5.41, 5.74) is 0.0466. The van der Waals surface area contributed by atoms with Gasteiger partial charge in [0.15, 0.2) is 0 Å². The lowest BCUT2D eigenvalue weighted by atomic mass is 9.70. The Morgan fingerprint density at radius 3 is 2.47 bits per heavy atom. The third-order valence-corrected chi connectivity index (χ3v) is 10.2. The van der Waals surface area contributed by atoms with Gasteiger partial charge in [0.05, 0.1) is 31.1 Å². The van der Waals surface area contributed by atoms with E-state index in [0.29, 0.717) is 36.3 Å². The Morgan fingerprint density at radius 1 is 1.12 bits per heavy atom. The number of amides is 3. The summed E-state index contributed by atoms with van der Waals surface area (Å²) in [4.78, 5) is 60.9. The van der Waals surface area contributed by atoms with Gasteiger partial charge in [-0.05, 0) is 62.4 Å². The summed E-state index contributed by atoms with van der Waals surface area (Å²) in [6, 6.07) is 14.7. The van der Waals surface area contributed by atoms with E-state index in [1.54, 1.807) is 60.4 Å². The zero-order valence-corrected chi connectivity index (χ0v) is 28.5. The van der Waals surface area contributed by atoms with Gasteiger partial charge in [-0.3, -0.25) is 19.2 Å². The highest BCUT2D eigenvalue weighted by molar-refractivity contribution is 6.04. The predicted molar refractivity (Wildman–Crippen MR) is 184 cm³/mol. The first-order chi connectivity index (χ1) is 23.6. The molecule has 2 aromatic rings. The summed E-state index contributed by atoms with van der Waals surface area (Å²) in [7, 11) is 3.24. The van der Waals surface area contributed by atoms with Crippen molar-refractivity contribution in [1.29, 1.82) is 0 Å². The maximum atomic E-state index is 14.6. The molecule has 0 saturated carbocycles. The first kappa shape index (κ1) is 35.8. The molecule has 3 amide bonds. The van der Waals surface area contributed by atoms with Gasteiger partial charge in [0.1, 0.15) is 23.5 Å². The number of allylic oxidation sites excluding steroid dienone is 1. The van der Waals surface area contributed by atoms with Crippen molar-refractivity contribution in [3.63, 3.8) is 0 Å². The SMILES string of the molecule is C=CCCC(=O)N(C)[C@@H](C)[C@@H](OC(=O)[C@@H]1[C@@H]2CC[C@]3(O2)[C@H](C(=O)N(CC=C)c2ccc(OC)cc2)N(CCCO)C(=O)[C@@H]13)c1ccccc1. The van der Waals surface area contributed by atoms with Gasteiger partial charge in [0.2, 0.25) is 11.8 Å². The van der Waals surface area contributed by atoms with Crippen molar-refractivity contribution in [1.82, 2.24) is 9.80 Å². The van der Waals surface area contributed by atoms with E-state index in [1.807, 2.05) is 37.3 Å². The molecule has 7 atom stereocenters. The van der Waals surface area contributed by atoms with E-state index in [0.717, 1.165) is 0 Å². The highest BCUT2D eigenvalue weighted by Gasteiger charge is 2.75. The van der Waals surface area contributed by atoms with Crippen LogP contribution in [0.5, 0.6) is 5.75 Å². The molecule has 3 saturated heterocycles. The molecule has 1 spiro atoms. The number of hydrogen-bond donors (Lipinski definition) is 1. The minimum Gasteiger partial charge on any atom is -0.497 e. The number of anilines is 1. The number of aliphatic hydroxyl groups excluding tert-OH is 1. The molecule has 0 aliphatic carbocycles. The van der Waals surface area contributed by atoms with Crippen molar-refractivity contribution in [3.05, 3.63) is 85.5 Å². The number of aliphatic hydroxyl groups is 1. The smallest absolute Gasteiger partial charge is 0.313 e. The van der Waals surface area contributed by atoms with Gasteiger partial charge in [-0.2, -0.15) is 0 Å². The molecule has 2 bridgehead atoms. The van der Waals surface area contributed by atoms with Crippen LogP contribution in [0.3, 0.4) is 0 Å². The van der Waals surface area contributed by atoms with Gasteiger partial charge in [-0.1, -0.05) is 42.5 Å². The number of carbonyl (C=O) groups excluding carboxylic acids is 4. The molecule has 5 rings (SSSR count). The number of esters is 1. The summed E-state index contributed by atoms with van der Waals surface area (Å²) in [5.74, 6) is -2.72. The van der Waals surface area contributed by atoms with Crippen LogP contribution in [0.2, 0.25) is 0 Å². The number of likely N-dealkylation sites (N-methyl/N-ethyl adjacent to an activating group) is 1. The van der Waals surface area contributed by atoms with Crippen molar-refractivity contribution >= 4 is 29.4 Å². The molecule has 49 heavy (non-hydrogen) atoms. The lowest BCUT2D eigenvalue weighted by molar-refractivity contribution is -0.164. The van der Waals surface area contributed by atoms with Crippen LogP contribution >= 0.6 is 0 Å². The Bertz CT molecular complexity index is 1530. The summed E-state index contributed by atoms with van der Waals surface area (Å²) in [6.45, 7) is 9.50. The van der Waals surface area contributed by atoms with E-state index >= 15 is 0 Å². The second-order valence-corrected chi connectivity index (χ2v) is 12.9. The van der Waals surface area contributed by atoms with E-state index in [1.165, 1.54) is 4.90 Å². The largest absolute Gasteiger partial charge is 0.497 e. The van der Waals surface area contributed by atoms with Crippen LogP contribution in [0, 0.1) is 11.8 Å². The van der Waals surface area contributed by atoms with Crippen LogP contribution < -0.4 is 9.64 Å². The summed E-state index contributed by atoms with van der Waals surface area (Å²) >= 11 is 0. The molecule has 3 aliphatic rings. The third kappa shape index (κ3) is 6.74. The van der Waals surface area contributed by atoms with Crippen molar-refractivity contribution in [2.75, 3.05) is 38.8 Å². The van der Waals surface area contributed by atoms with Gasteiger partial charge in [-0.15, -0.1) is 13.2 Å². The number of rotatable bonds is 16. The van der Waals surface area contributed by atoms with Crippen LogP contribution in [0.25, 0.3) is 0 Å². The minimum absolute atomic E-state index is 0.112. The van der Waals surface area contributed by atoms with Gasteiger partial charge in [0.25, 0.3) is 5.91 Å².